The topological polar surface area (TPSA) is 55.6 Å². The van der Waals surface area contributed by atoms with Crippen molar-refractivity contribution in [2.24, 2.45) is 0 Å². The van der Waals surface area contributed by atoms with Crippen LogP contribution in [0.25, 0.3) is 16.8 Å². The van der Waals surface area contributed by atoms with Crippen molar-refractivity contribution in [2.45, 2.75) is 0 Å². The van der Waals surface area contributed by atoms with Crippen LogP contribution >= 0.6 is 0 Å². The number of rotatable bonds is 4. The molecule has 1 N–H and O–H groups in total. The number of hydrogen-bond acceptors (Lipinski definition) is 4. The Balaban J connectivity index is 1.57. The predicted molar refractivity (Wildman–Crippen MR) is 94.2 cm³/mol. The molecule has 2 aromatic carbocycles. The second-order valence-electron chi connectivity index (χ2n) is 5.58. The molecule has 0 aliphatic heterocycles. The highest BCUT2D eigenvalue weighted by Gasteiger charge is 2.10. The van der Waals surface area contributed by atoms with Crippen molar-refractivity contribution >= 4 is 11.5 Å². The fourth-order valence-electron chi connectivity index (χ4n) is 2.58. The van der Waals surface area contributed by atoms with E-state index < -0.39 is 11.6 Å². The Kier molecular flexibility index (Phi) is 4.10. The lowest BCUT2D eigenvalue weighted by atomic mass is 10.1. The van der Waals surface area contributed by atoms with Gasteiger partial charge < -0.3 is 5.32 Å². The zero-order valence-electron chi connectivity index (χ0n) is 13.5. The molecule has 0 fully saturated rings. The second-order valence-corrected chi connectivity index (χ2v) is 5.58. The van der Waals surface area contributed by atoms with Gasteiger partial charge in [0.05, 0.1) is 5.69 Å². The third kappa shape index (κ3) is 3.14. The number of anilines is 2. The summed E-state index contributed by atoms with van der Waals surface area (Å²) in [5, 5.41) is 10.8. The number of aromatic nitrogens is 4. The van der Waals surface area contributed by atoms with Crippen molar-refractivity contribution < 1.29 is 8.78 Å². The zero-order valence-corrected chi connectivity index (χ0v) is 13.5. The van der Waals surface area contributed by atoms with Gasteiger partial charge in [-0.15, -0.1) is 10.2 Å². The molecule has 0 radical (unpaired) electrons. The summed E-state index contributed by atoms with van der Waals surface area (Å²) < 4.78 is 29.0. The van der Waals surface area contributed by atoms with E-state index in [1.807, 2.05) is 24.3 Å². The smallest absolute Gasteiger partial charge is 0.166 e. The molecule has 0 unspecified atom stereocenters. The number of nitrogens with one attached hydrogen (secondary N) is 1. The minimum absolute atomic E-state index is 0.179. The van der Waals surface area contributed by atoms with Crippen LogP contribution in [-0.4, -0.2) is 19.7 Å². The highest BCUT2D eigenvalue weighted by Crippen LogP contribution is 2.25. The molecular weight excluding hydrogens is 336 g/mol. The lowest BCUT2D eigenvalue weighted by Gasteiger charge is -2.09. The average Bonchev–Trinajstić information content (AvgIpc) is 3.20. The van der Waals surface area contributed by atoms with Gasteiger partial charge in [-0.25, -0.2) is 13.8 Å². The fourth-order valence-corrected chi connectivity index (χ4v) is 2.58. The summed E-state index contributed by atoms with van der Waals surface area (Å²) in [6.45, 7) is 0. The SMILES string of the molecule is Fc1cccc(-c2ccc(Nc3cccc(-n4cnnc4)c3)nc2)c1F. The van der Waals surface area contributed by atoms with Gasteiger partial charge in [-0.2, -0.15) is 0 Å². The molecular formula is C19H13F2N5. The maximum atomic E-state index is 13.9. The van der Waals surface area contributed by atoms with Crippen LogP contribution in [0.5, 0.6) is 0 Å². The van der Waals surface area contributed by atoms with E-state index in [9.17, 15) is 8.78 Å². The van der Waals surface area contributed by atoms with Crippen molar-refractivity contribution in [3.05, 3.63) is 85.1 Å². The first kappa shape index (κ1) is 15.9. The van der Waals surface area contributed by atoms with E-state index in [0.717, 1.165) is 17.4 Å². The molecule has 26 heavy (non-hydrogen) atoms. The molecule has 0 aliphatic carbocycles. The van der Waals surface area contributed by atoms with E-state index in [2.05, 4.69) is 20.5 Å². The molecule has 128 valence electrons. The zero-order chi connectivity index (χ0) is 17.9. The molecule has 0 saturated heterocycles. The first-order chi connectivity index (χ1) is 12.7. The third-order valence-electron chi connectivity index (χ3n) is 3.86. The van der Waals surface area contributed by atoms with E-state index in [4.69, 9.17) is 0 Å². The van der Waals surface area contributed by atoms with Gasteiger partial charge in [0.25, 0.3) is 0 Å². The first-order valence-electron chi connectivity index (χ1n) is 7.83. The van der Waals surface area contributed by atoms with Crippen LogP contribution in [0, 0.1) is 11.6 Å². The molecule has 2 heterocycles. The van der Waals surface area contributed by atoms with Gasteiger partial charge in [0.15, 0.2) is 11.6 Å². The Morgan fingerprint density at radius 2 is 1.69 bits per heavy atom. The number of halogens is 2. The summed E-state index contributed by atoms with van der Waals surface area (Å²) in [6.07, 6.45) is 4.73. The van der Waals surface area contributed by atoms with Crippen molar-refractivity contribution in [3.63, 3.8) is 0 Å². The second kappa shape index (κ2) is 6.72. The van der Waals surface area contributed by atoms with Crippen molar-refractivity contribution in [2.75, 3.05) is 5.32 Å². The van der Waals surface area contributed by atoms with Crippen molar-refractivity contribution in [3.8, 4) is 16.8 Å². The Morgan fingerprint density at radius 1 is 0.885 bits per heavy atom. The molecule has 0 atom stereocenters. The normalized spacial score (nSPS) is 10.7. The monoisotopic (exact) mass is 349 g/mol. The van der Waals surface area contributed by atoms with Gasteiger partial charge >= 0.3 is 0 Å². The number of nitrogens with zero attached hydrogens (tertiary/aromatic N) is 4. The highest BCUT2D eigenvalue weighted by atomic mass is 19.2. The van der Waals surface area contributed by atoms with Gasteiger partial charge in [-0.3, -0.25) is 4.57 Å². The summed E-state index contributed by atoms with van der Waals surface area (Å²) in [4.78, 5) is 4.28. The van der Waals surface area contributed by atoms with Crippen LogP contribution in [0.4, 0.5) is 20.3 Å². The van der Waals surface area contributed by atoms with Crippen molar-refractivity contribution in [1.82, 2.24) is 19.7 Å². The molecule has 5 nitrogen and oxygen atoms in total. The van der Waals surface area contributed by atoms with Crippen LogP contribution in [0.1, 0.15) is 0 Å². The predicted octanol–water partition coefficient (Wildman–Crippen LogP) is 4.35. The van der Waals surface area contributed by atoms with Gasteiger partial charge in [-0.05, 0) is 36.4 Å². The van der Waals surface area contributed by atoms with Crippen LogP contribution in [0.15, 0.2) is 73.4 Å². The summed E-state index contributed by atoms with van der Waals surface area (Å²) in [5.74, 6) is -1.17. The van der Waals surface area contributed by atoms with Gasteiger partial charge in [0.2, 0.25) is 0 Å². The fraction of sp³-hybridized carbons (Fsp3) is 0. The Labute approximate surface area is 148 Å². The number of benzene rings is 2. The molecule has 4 aromatic rings. The molecule has 0 bridgehead atoms. The average molecular weight is 349 g/mol. The van der Waals surface area contributed by atoms with E-state index in [0.29, 0.717) is 11.4 Å². The minimum atomic E-state index is -0.879. The highest BCUT2D eigenvalue weighted by molar-refractivity contribution is 5.66. The van der Waals surface area contributed by atoms with Crippen LogP contribution in [0.3, 0.4) is 0 Å². The maximum absolute atomic E-state index is 13.9. The third-order valence-corrected chi connectivity index (χ3v) is 3.86. The molecule has 0 aliphatic rings. The quantitative estimate of drug-likeness (QED) is 0.595. The van der Waals surface area contributed by atoms with Gasteiger partial charge in [0.1, 0.15) is 18.5 Å². The lowest BCUT2D eigenvalue weighted by Crippen LogP contribution is -1.96. The van der Waals surface area contributed by atoms with E-state index >= 15 is 0 Å². The molecule has 0 saturated carbocycles. The minimum Gasteiger partial charge on any atom is -0.340 e. The lowest BCUT2D eigenvalue weighted by molar-refractivity contribution is 0.511. The van der Waals surface area contributed by atoms with Crippen LogP contribution in [-0.2, 0) is 0 Å². The molecule has 0 amide bonds. The summed E-state index contributed by atoms with van der Waals surface area (Å²) in [6, 6.07) is 15.1. The Morgan fingerprint density at radius 3 is 2.46 bits per heavy atom. The van der Waals surface area contributed by atoms with E-state index in [1.165, 1.54) is 18.3 Å². The van der Waals surface area contributed by atoms with E-state index in [1.54, 1.807) is 29.4 Å². The maximum Gasteiger partial charge on any atom is 0.166 e. The molecule has 4 rings (SSSR count). The largest absolute Gasteiger partial charge is 0.340 e. The van der Waals surface area contributed by atoms with E-state index in [-0.39, 0.29) is 5.56 Å². The molecule has 0 spiro atoms. The standard InChI is InChI=1S/C19H13F2N5/c20-17-6-2-5-16(19(17)21)13-7-8-18(22-10-13)25-14-3-1-4-15(9-14)26-11-23-24-12-26/h1-12H,(H,22,25). The number of pyridine rings is 1. The Bertz CT molecular complexity index is 1030. The summed E-state index contributed by atoms with van der Waals surface area (Å²) in [5.41, 5.74) is 2.41. The molecule has 2 aromatic heterocycles. The summed E-state index contributed by atoms with van der Waals surface area (Å²) in [7, 11) is 0. The Hall–Kier alpha value is -3.61. The molecule has 7 heteroatoms. The van der Waals surface area contributed by atoms with Crippen molar-refractivity contribution in [1.29, 1.82) is 0 Å². The first-order valence-corrected chi connectivity index (χ1v) is 7.83. The van der Waals surface area contributed by atoms with Gasteiger partial charge in [0, 0.05) is 23.0 Å². The van der Waals surface area contributed by atoms with Crippen LogP contribution in [0.2, 0.25) is 0 Å². The van der Waals surface area contributed by atoms with Gasteiger partial charge in [-0.1, -0.05) is 18.2 Å². The van der Waals surface area contributed by atoms with Crippen LogP contribution < -0.4 is 5.32 Å². The summed E-state index contributed by atoms with van der Waals surface area (Å²) >= 11 is 0. The number of hydrogen-bond donors (Lipinski definition) is 1.